The Hall–Kier alpha value is -2.75. The smallest absolute Gasteiger partial charge is 0.248 e. The van der Waals surface area contributed by atoms with Gasteiger partial charge in [-0.05, 0) is 30.5 Å². The van der Waals surface area contributed by atoms with Crippen molar-refractivity contribution < 1.29 is 14.3 Å². The average Bonchev–Trinajstić information content (AvgIpc) is 3.43. The first-order valence-corrected chi connectivity index (χ1v) is 12.8. The Kier molecular flexibility index (Phi) is 8.07. The van der Waals surface area contributed by atoms with Crippen LogP contribution in [0.1, 0.15) is 18.4 Å². The molecule has 0 spiro atoms. The molecule has 1 aromatic heterocycles. The van der Waals surface area contributed by atoms with Crippen molar-refractivity contribution in [3.8, 4) is 0 Å². The highest BCUT2D eigenvalue weighted by Gasteiger charge is 2.25. The number of nitrogens with zero attached hydrogens (tertiary/aromatic N) is 6. The van der Waals surface area contributed by atoms with Gasteiger partial charge in [-0.2, -0.15) is 0 Å². The summed E-state index contributed by atoms with van der Waals surface area (Å²) < 4.78 is 11.4. The lowest BCUT2D eigenvalue weighted by molar-refractivity contribution is -0.136. The van der Waals surface area contributed by atoms with Gasteiger partial charge in [0.05, 0.1) is 12.7 Å². The molecule has 0 N–H and O–H groups in total. The van der Waals surface area contributed by atoms with Gasteiger partial charge in [0.1, 0.15) is 6.61 Å². The summed E-state index contributed by atoms with van der Waals surface area (Å²) in [4.78, 5) is 21.4. The maximum absolute atomic E-state index is 12.5. The van der Waals surface area contributed by atoms with Crippen molar-refractivity contribution in [1.29, 1.82) is 0 Å². The van der Waals surface area contributed by atoms with E-state index >= 15 is 0 Å². The third kappa shape index (κ3) is 6.48. The molecule has 35 heavy (non-hydrogen) atoms. The summed E-state index contributed by atoms with van der Waals surface area (Å²) in [5.74, 6) is 1.86. The maximum Gasteiger partial charge on any atom is 0.248 e. The van der Waals surface area contributed by atoms with Crippen LogP contribution in [0.15, 0.2) is 42.5 Å². The van der Waals surface area contributed by atoms with E-state index in [4.69, 9.17) is 9.47 Å². The van der Waals surface area contributed by atoms with Gasteiger partial charge >= 0.3 is 0 Å². The third-order valence-electron chi connectivity index (χ3n) is 7.11. The van der Waals surface area contributed by atoms with Gasteiger partial charge in [-0.15, -0.1) is 10.2 Å². The number of carbonyl (C=O) groups excluding carboxylic acids is 1. The number of carbonyl (C=O) groups is 1. The predicted molar refractivity (Wildman–Crippen MR) is 135 cm³/mol. The summed E-state index contributed by atoms with van der Waals surface area (Å²) in [5, 5.41) is 9.03. The van der Waals surface area contributed by atoms with Crippen LogP contribution in [0, 0.1) is 0 Å². The molecule has 5 rings (SSSR count). The zero-order valence-corrected chi connectivity index (χ0v) is 20.4. The summed E-state index contributed by atoms with van der Waals surface area (Å²) in [6.07, 6.45) is 2.80. The highest BCUT2D eigenvalue weighted by Crippen LogP contribution is 2.19. The molecule has 9 nitrogen and oxygen atoms in total. The van der Waals surface area contributed by atoms with E-state index in [0.717, 1.165) is 69.6 Å². The monoisotopic (exact) mass is 480 g/mol. The van der Waals surface area contributed by atoms with E-state index in [2.05, 4.69) is 37.0 Å². The Morgan fingerprint density at radius 2 is 1.54 bits per heavy atom. The van der Waals surface area contributed by atoms with Crippen LogP contribution in [0.5, 0.6) is 0 Å². The van der Waals surface area contributed by atoms with E-state index in [0.29, 0.717) is 25.8 Å². The lowest BCUT2D eigenvalue weighted by Gasteiger charge is -2.37. The third-order valence-corrected chi connectivity index (χ3v) is 7.11. The van der Waals surface area contributed by atoms with E-state index < -0.39 is 0 Å². The molecule has 0 saturated carbocycles. The van der Waals surface area contributed by atoms with Gasteiger partial charge in [0.25, 0.3) is 0 Å². The minimum absolute atomic E-state index is 0.0423. The van der Waals surface area contributed by atoms with Crippen LogP contribution >= 0.6 is 0 Å². The fourth-order valence-electron chi connectivity index (χ4n) is 5.00. The Balaban J connectivity index is 1.03. The molecule has 188 valence electrons. The highest BCUT2D eigenvalue weighted by molar-refractivity contribution is 5.77. The molecule has 3 aliphatic rings. The number of hydrogen-bond donors (Lipinski definition) is 0. The Bertz CT molecular complexity index is 922. The van der Waals surface area contributed by atoms with Gasteiger partial charge in [-0.1, -0.05) is 30.3 Å². The molecular weight excluding hydrogens is 444 g/mol. The van der Waals surface area contributed by atoms with Gasteiger partial charge in [-0.3, -0.25) is 9.69 Å². The largest absolute Gasteiger partial charge is 0.377 e. The lowest BCUT2D eigenvalue weighted by atomic mass is 10.2. The average molecular weight is 481 g/mol. The minimum atomic E-state index is 0.0423. The van der Waals surface area contributed by atoms with E-state index in [9.17, 15) is 4.79 Å². The van der Waals surface area contributed by atoms with Gasteiger partial charge in [0, 0.05) is 65.5 Å². The van der Waals surface area contributed by atoms with Crippen molar-refractivity contribution >= 4 is 17.5 Å². The molecule has 0 radical (unpaired) electrons. The quantitative estimate of drug-likeness (QED) is 0.565. The fraction of sp³-hybridized carbons (Fsp3) is 0.577. The van der Waals surface area contributed by atoms with Crippen molar-refractivity contribution in [3.63, 3.8) is 0 Å². The topological polar surface area (TPSA) is 74.3 Å². The van der Waals surface area contributed by atoms with E-state index in [1.165, 1.54) is 12.8 Å². The van der Waals surface area contributed by atoms with Crippen LogP contribution < -0.4 is 9.80 Å². The summed E-state index contributed by atoms with van der Waals surface area (Å²) in [6, 6.07) is 14.1. The number of aromatic nitrogens is 2. The van der Waals surface area contributed by atoms with Crippen molar-refractivity contribution in [1.82, 2.24) is 20.0 Å². The van der Waals surface area contributed by atoms with Gasteiger partial charge in [0.15, 0.2) is 11.6 Å². The van der Waals surface area contributed by atoms with E-state index in [-0.39, 0.29) is 12.5 Å². The van der Waals surface area contributed by atoms with Crippen molar-refractivity contribution in [2.24, 2.45) is 0 Å². The second kappa shape index (κ2) is 11.8. The van der Waals surface area contributed by atoms with Crippen molar-refractivity contribution in [2.45, 2.75) is 25.6 Å². The summed E-state index contributed by atoms with van der Waals surface area (Å²) >= 11 is 0. The highest BCUT2D eigenvalue weighted by atomic mass is 16.5. The summed E-state index contributed by atoms with van der Waals surface area (Å²) in [6.45, 7) is 9.38. The molecule has 4 heterocycles. The van der Waals surface area contributed by atoms with Crippen LogP contribution in [0.4, 0.5) is 11.6 Å². The Morgan fingerprint density at radius 1 is 0.886 bits per heavy atom. The molecule has 1 amide bonds. The predicted octanol–water partition coefficient (Wildman–Crippen LogP) is 1.64. The standard InChI is InChI=1S/C26H36N6O3/c33-26(21-34-20-22-5-2-1-3-6-22)32-16-14-31(15-17-32)25-9-8-24(27-28-25)30-12-10-29(11-13-30)19-23-7-4-18-35-23/h1-3,5-6,8-9,23H,4,7,10-21H2. The zero-order valence-electron chi connectivity index (χ0n) is 20.4. The molecular formula is C26H36N6O3. The summed E-state index contributed by atoms with van der Waals surface area (Å²) in [7, 11) is 0. The number of piperazine rings is 2. The summed E-state index contributed by atoms with van der Waals surface area (Å²) in [5.41, 5.74) is 1.08. The second-order valence-electron chi connectivity index (χ2n) is 9.52. The van der Waals surface area contributed by atoms with Crippen LogP contribution in [-0.4, -0.2) is 104 Å². The van der Waals surface area contributed by atoms with Gasteiger partial charge in [-0.25, -0.2) is 0 Å². The number of anilines is 2. The molecule has 3 fully saturated rings. The molecule has 9 heteroatoms. The maximum atomic E-state index is 12.5. The van der Waals surface area contributed by atoms with Gasteiger partial charge < -0.3 is 24.2 Å². The van der Waals surface area contributed by atoms with E-state index in [1.54, 1.807) is 0 Å². The number of ether oxygens (including phenoxy) is 2. The van der Waals surface area contributed by atoms with Crippen LogP contribution in [-0.2, 0) is 20.9 Å². The van der Waals surface area contributed by atoms with Crippen molar-refractivity contribution in [2.75, 3.05) is 81.9 Å². The minimum Gasteiger partial charge on any atom is -0.377 e. The zero-order chi connectivity index (χ0) is 23.9. The van der Waals surface area contributed by atoms with Crippen LogP contribution in [0.2, 0.25) is 0 Å². The Labute approximate surface area is 207 Å². The molecule has 3 saturated heterocycles. The van der Waals surface area contributed by atoms with Gasteiger partial charge in [0.2, 0.25) is 5.91 Å². The first kappa shape index (κ1) is 24.0. The number of hydrogen-bond acceptors (Lipinski definition) is 8. The lowest BCUT2D eigenvalue weighted by Crippen LogP contribution is -2.50. The fourth-order valence-corrected chi connectivity index (χ4v) is 5.00. The first-order valence-electron chi connectivity index (χ1n) is 12.8. The number of amides is 1. The Morgan fingerprint density at radius 3 is 2.14 bits per heavy atom. The normalized spacial score (nSPS) is 21.5. The molecule has 0 aliphatic carbocycles. The molecule has 1 unspecified atom stereocenters. The molecule has 1 atom stereocenters. The second-order valence-corrected chi connectivity index (χ2v) is 9.52. The molecule has 3 aliphatic heterocycles. The molecule has 1 aromatic carbocycles. The van der Waals surface area contributed by atoms with Crippen LogP contribution in [0.25, 0.3) is 0 Å². The molecule has 0 bridgehead atoms. The van der Waals surface area contributed by atoms with Crippen molar-refractivity contribution in [3.05, 3.63) is 48.0 Å². The van der Waals surface area contributed by atoms with Crippen LogP contribution in [0.3, 0.4) is 0 Å². The van der Waals surface area contributed by atoms with E-state index in [1.807, 2.05) is 35.2 Å². The number of benzene rings is 1. The first-order chi connectivity index (χ1) is 17.2. The number of rotatable bonds is 8. The molecule has 2 aromatic rings. The SMILES string of the molecule is O=C(COCc1ccccc1)N1CCN(c2ccc(N3CCN(CC4CCCO4)CC3)nn2)CC1.